The van der Waals surface area contributed by atoms with E-state index in [0.29, 0.717) is 28.3 Å². The summed E-state index contributed by atoms with van der Waals surface area (Å²) in [5, 5.41) is 0. The van der Waals surface area contributed by atoms with Crippen LogP contribution in [0.4, 0.5) is 5.69 Å². The summed E-state index contributed by atoms with van der Waals surface area (Å²) in [6.45, 7) is 0. The number of carbonyl (C=O) groups excluding carboxylic acids is 2. The molecule has 0 radical (unpaired) electrons. The van der Waals surface area contributed by atoms with Crippen LogP contribution >= 0.6 is 0 Å². The molecule has 0 aliphatic carbocycles. The monoisotopic (exact) mass is 387 g/mol. The average molecular weight is 387 g/mol. The molecule has 3 rings (SSSR count). The van der Waals surface area contributed by atoms with Gasteiger partial charge in [0, 0.05) is 17.2 Å². The van der Waals surface area contributed by atoms with Crippen LogP contribution < -0.4 is 14.4 Å². The van der Waals surface area contributed by atoms with Gasteiger partial charge in [-0.05, 0) is 36.4 Å². The number of anilines is 1. The lowest BCUT2D eigenvalue weighted by molar-refractivity contribution is -0.113. The van der Waals surface area contributed by atoms with Crippen molar-refractivity contribution >= 4 is 23.6 Å². The van der Waals surface area contributed by atoms with Gasteiger partial charge in [-0.2, -0.15) is 0 Å². The van der Waals surface area contributed by atoms with Crippen molar-refractivity contribution in [2.75, 3.05) is 19.1 Å². The first kappa shape index (κ1) is 19.9. The van der Waals surface area contributed by atoms with Crippen molar-refractivity contribution in [2.45, 2.75) is 0 Å². The first-order chi connectivity index (χ1) is 14.2. The highest BCUT2D eigenvalue weighted by atomic mass is 16.5. The standard InChI is InChI=1S/C24H21NO4/c1-28-21-15-9-12-18(23(21)29-2)16-17-22(26)25(20-13-7-4-8-14-20)24(27)19-10-5-3-6-11-19/h3-17H,1-2H3/b17-16+. The van der Waals surface area contributed by atoms with Crippen LogP contribution in [-0.2, 0) is 4.79 Å². The molecule has 0 N–H and O–H groups in total. The van der Waals surface area contributed by atoms with Crippen LogP contribution in [0.5, 0.6) is 11.5 Å². The number of hydrogen-bond acceptors (Lipinski definition) is 4. The third kappa shape index (κ3) is 4.52. The maximum Gasteiger partial charge on any atom is 0.265 e. The molecule has 0 aliphatic rings. The summed E-state index contributed by atoms with van der Waals surface area (Å²) in [6.07, 6.45) is 2.96. The molecular weight excluding hydrogens is 366 g/mol. The van der Waals surface area contributed by atoms with Gasteiger partial charge in [0.1, 0.15) is 0 Å². The van der Waals surface area contributed by atoms with Crippen molar-refractivity contribution in [1.82, 2.24) is 0 Å². The number of nitrogens with zero attached hydrogens (tertiary/aromatic N) is 1. The van der Waals surface area contributed by atoms with Crippen LogP contribution in [0, 0.1) is 0 Å². The Morgan fingerprint density at radius 3 is 2.07 bits per heavy atom. The minimum absolute atomic E-state index is 0.399. The molecule has 3 aromatic rings. The largest absolute Gasteiger partial charge is 0.493 e. The number of carbonyl (C=O) groups is 2. The van der Waals surface area contributed by atoms with E-state index in [-0.39, 0.29) is 0 Å². The Hall–Kier alpha value is -3.86. The molecule has 0 heterocycles. The topological polar surface area (TPSA) is 55.8 Å². The first-order valence-corrected chi connectivity index (χ1v) is 9.03. The second-order valence-electron chi connectivity index (χ2n) is 6.10. The number of ether oxygens (including phenoxy) is 2. The molecule has 5 heteroatoms. The number of imide groups is 1. The van der Waals surface area contributed by atoms with E-state index in [2.05, 4.69) is 0 Å². The highest BCUT2D eigenvalue weighted by molar-refractivity contribution is 6.24. The quantitative estimate of drug-likeness (QED) is 0.581. The lowest BCUT2D eigenvalue weighted by atomic mass is 10.1. The number of amides is 2. The molecule has 0 atom stereocenters. The highest BCUT2D eigenvalue weighted by Crippen LogP contribution is 2.31. The molecule has 3 aromatic carbocycles. The molecule has 0 aliphatic heterocycles. The Balaban J connectivity index is 1.96. The molecule has 0 bridgehead atoms. The average Bonchev–Trinajstić information content (AvgIpc) is 2.78. The minimum Gasteiger partial charge on any atom is -0.493 e. The molecule has 146 valence electrons. The van der Waals surface area contributed by atoms with Gasteiger partial charge in [0.05, 0.1) is 19.9 Å². The maximum absolute atomic E-state index is 13.0. The maximum atomic E-state index is 13.0. The summed E-state index contributed by atoms with van der Waals surface area (Å²) >= 11 is 0. The Labute approximate surface area is 169 Å². The van der Waals surface area contributed by atoms with Gasteiger partial charge < -0.3 is 9.47 Å². The zero-order valence-corrected chi connectivity index (χ0v) is 16.2. The fourth-order valence-electron chi connectivity index (χ4n) is 2.91. The second-order valence-corrected chi connectivity index (χ2v) is 6.10. The van der Waals surface area contributed by atoms with E-state index >= 15 is 0 Å². The number of benzene rings is 3. The molecule has 0 spiro atoms. The SMILES string of the molecule is COc1cccc(/C=C/C(=O)N(C(=O)c2ccccc2)c2ccccc2)c1OC. The summed E-state index contributed by atoms with van der Waals surface area (Å²) < 4.78 is 10.7. The summed E-state index contributed by atoms with van der Waals surface area (Å²) in [5.74, 6) is 0.209. The first-order valence-electron chi connectivity index (χ1n) is 9.03. The van der Waals surface area contributed by atoms with Gasteiger partial charge >= 0.3 is 0 Å². The Kier molecular flexibility index (Phi) is 6.43. The van der Waals surface area contributed by atoms with Crippen LogP contribution in [-0.4, -0.2) is 26.0 Å². The summed E-state index contributed by atoms with van der Waals surface area (Å²) in [6, 6.07) is 22.9. The third-order valence-corrected chi connectivity index (χ3v) is 4.30. The molecule has 0 aromatic heterocycles. The molecule has 5 nitrogen and oxygen atoms in total. The van der Waals surface area contributed by atoms with Crippen molar-refractivity contribution in [3.8, 4) is 11.5 Å². The van der Waals surface area contributed by atoms with Crippen molar-refractivity contribution in [1.29, 1.82) is 0 Å². The van der Waals surface area contributed by atoms with E-state index in [1.54, 1.807) is 79.9 Å². The van der Waals surface area contributed by atoms with E-state index in [4.69, 9.17) is 9.47 Å². The predicted molar refractivity (Wildman–Crippen MR) is 113 cm³/mol. The summed E-state index contributed by atoms with van der Waals surface area (Å²) in [4.78, 5) is 27.2. The zero-order chi connectivity index (χ0) is 20.6. The summed E-state index contributed by atoms with van der Waals surface area (Å²) in [5.41, 5.74) is 1.59. The fraction of sp³-hybridized carbons (Fsp3) is 0.0833. The van der Waals surface area contributed by atoms with Crippen molar-refractivity contribution in [2.24, 2.45) is 0 Å². The zero-order valence-electron chi connectivity index (χ0n) is 16.2. The highest BCUT2D eigenvalue weighted by Gasteiger charge is 2.23. The van der Waals surface area contributed by atoms with Gasteiger partial charge in [-0.1, -0.05) is 48.5 Å². The normalized spacial score (nSPS) is 10.6. The second kappa shape index (κ2) is 9.37. The Morgan fingerprint density at radius 1 is 0.793 bits per heavy atom. The van der Waals surface area contributed by atoms with Gasteiger partial charge in [0.15, 0.2) is 11.5 Å². The molecule has 29 heavy (non-hydrogen) atoms. The number of rotatable bonds is 6. The third-order valence-electron chi connectivity index (χ3n) is 4.30. The minimum atomic E-state index is -0.463. The molecule has 0 fully saturated rings. The molecule has 0 unspecified atom stereocenters. The number of para-hydroxylation sites is 2. The van der Waals surface area contributed by atoms with Crippen LogP contribution in [0.1, 0.15) is 15.9 Å². The van der Waals surface area contributed by atoms with Crippen LogP contribution in [0.25, 0.3) is 6.08 Å². The van der Waals surface area contributed by atoms with Gasteiger partial charge in [0.2, 0.25) is 0 Å². The van der Waals surface area contributed by atoms with E-state index in [1.165, 1.54) is 13.2 Å². The lowest BCUT2D eigenvalue weighted by Gasteiger charge is -2.19. The molecular formula is C24H21NO4. The van der Waals surface area contributed by atoms with E-state index in [0.717, 1.165) is 4.90 Å². The van der Waals surface area contributed by atoms with E-state index < -0.39 is 11.8 Å². The van der Waals surface area contributed by atoms with E-state index in [1.807, 2.05) is 12.1 Å². The Bertz CT molecular complexity index is 1010. The van der Waals surface area contributed by atoms with Crippen LogP contribution in [0.3, 0.4) is 0 Å². The van der Waals surface area contributed by atoms with E-state index in [9.17, 15) is 9.59 Å². The van der Waals surface area contributed by atoms with Gasteiger partial charge in [-0.3, -0.25) is 9.59 Å². The van der Waals surface area contributed by atoms with Crippen LogP contribution in [0.15, 0.2) is 84.9 Å². The lowest BCUT2D eigenvalue weighted by Crippen LogP contribution is -2.35. The van der Waals surface area contributed by atoms with Crippen molar-refractivity contribution in [3.63, 3.8) is 0 Å². The van der Waals surface area contributed by atoms with Crippen LogP contribution in [0.2, 0.25) is 0 Å². The molecule has 2 amide bonds. The molecule has 0 saturated carbocycles. The smallest absolute Gasteiger partial charge is 0.265 e. The van der Waals surface area contributed by atoms with Crippen molar-refractivity contribution < 1.29 is 19.1 Å². The summed E-state index contributed by atoms with van der Waals surface area (Å²) in [7, 11) is 3.08. The number of hydrogen-bond donors (Lipinski definition) is 0. The van der Waals surface area contributed by atoms with Gasteiger partial charge in [-0.25, -0.2) is 4.90 Å². The molecule has 0 saturated heterocycles. The van der Waals surface area contributed by atoms with Gasteiger partial charge in [0.25, 0.3) is 11.8 Å². The van der Waals surface area contributed by atoms with Crippen molar-refractivity contribution in [3.05, 3.63) is 96.1 Å². The van der Waals surface area contributed by atoms with Gasteiger partial charge in [-0.15, -0.1) is 0 Å². The Morgan fingerprint density at radius 2 is 1.45 bits per heavy atom. The number of methoxy groups -OCH3 is 2. The fourth-order valence-corrected chi connectivity index (χ4v) is 2.91. The predicted octanol–water partition coefficient (Wildman–Crippen LogP) is 4.59.